The van der Waals surface area contributed by atoms with Crippen LogP contribution >= 0.6 is 11.3 Å². The molecule has 1 aliphatic rings. The molecule has 0 aliphatic carbocycles. The number of hydrogen-bond acceptors (Lipinski definition) is 7. The summed E-state index contributed by atoms with van der Waals surface area (Å²) in [5, 5.41) is 0. The number of methoxy groups -OCH3 is 1. The lowest BCUT2D eigenvalue weighted by molar-refractivity contribution is -0.146. The third-order valence-electron chi connectivity index (χ3n) is 3.22. The Kier molecular flexibility index (Phi) is 3.79. The molecule has 0 atom stereocenters. The third kappa shape index (κ3) is 2.85. The zero-order valence-corrected chi connectivity index (χ0v) is 12.6. The number of thiophene rings is 1. The van der Waals surface area contributed by atoms with E-state index in [9.17, 15) is 4.79 Å². The molecule has 0 aromatic carbocycles. The molecular formula is C14H15NO5S. The first kappa shape index (κ1) is 14.2. The quantitative estimate of drug-likeness (QED) is 0.807. The molecule has 1 fully saturated rings. The molecule has 7 heteroatoms. The maximum absolute atomic E-state index is 11.3. The Morgan fingerprint density at radius 1 is 1.43 bits per heavy atom. The Bertz CT molecular complexity index is 641. The van der Waals surface area contributed by atoms with E-state index < -0.39 is 11.8 Å². The lowest BCUT2D eigenvalue weighted by Gasteiger charge is -2.20. The van der Waals surface area contributed by atoms with Gasteiger partial charge in [0, 0.05) is 4.88 Å². The predicted molar refractivity (Wildman–Crippen MR) is 74.2 cm³/mol. The van der Waals surface area contributed by atoms with Crippen LogP contribution in [-0.4, -0.2) is 31.3 Å². The molecule has 0 spiro atoms. The number of carbonyl (C=O) groups excluding carboxylic acids is 1. The zero-order chi connectivity index (χ0) is 14.9. The fourth-order valence-electron chi connectivity index (χ4n) is 2.11. The highest BCUT2D eigenvalue weighted by atomic mass is 32.1. The lowest BCUT2D eigenvalue weighted by atomic mass is 10.2. The standard InChI is InChI=1S/C14H15NO5S/c1-14(19-5-6-20-14)11-4-3-9(21-11)7-12-15-10(8-18-12)13(16)17-2/h3-4,8H,5-7H2,1-2H3. The minimum absolute atomic E-state index is 0.179. The second kappa shape index (κ2) is 5.59. The molecule has 0 saturated carbocycles. The summed E-state index contributed by atoms with van der Waals surface area (Å²) in [6.07, 6.45) is 1.82. The first-order valence-corrected chi connectivity index (χ1v) is 7.32. The minimum atomic E-state index is -0.656. The van der Waals surface area contributed by atoms with E-state index in [0.717, 1.165) is 9.75 Å². The number of carbonyl (C=O) groups is 1. The van der Waals surface area contributed by atoms with Gasteiger partial charge in [-0.05, 0) is 19.1 Å². The first-order valence-electron chi connectivity index (χ1n) is 6.50. The second-order valence-corrected chi connectivity index (χ2v) is 5.87. The first-order chi connectivity index (χ1) is 10.1. The summed E-state index contributed by atoms with van der Waals surface area (Å²) in [5.41, 5.74) is 0.179. The third-order valence-corrected chi connectivity index (χ3v) is 4.49. The summed E-state index contributed by atoms with van der Waals surface area (Å²) in [7, 11) is 1.31. The summed E-state index contributed by atoms with van der Waals surface area (Å²) >= 11 is 1.58. The number of rotatable bonds is 4. The normalized spacial score (nSPS) is 17.0. The Labute approximate surface area is 125 Å². The van der Waals surface area contributed by atoms with Gasteiger partial charge in [0.25, 0.3) is 0 Å². The number of nitrogens with zero attached hydrogens (tertiary/aromatic N) is 1. The van der Waals surface area contributed by atoms with Gasteiger partial charge in [0.1, 0.15) is 6.26 Å². The van der Waals surface area contributed by atoms with E-state index in [1.54, 1.807) is 11.3 Å². The van der Waals surface area contributed by atoms with Gasteiger partial charge in [0.2, 0.25) is 5.79 Å². The summed E-state index contributed by atoms with van der Waals surface area (Å²) < 4.78 is 21.1. The molecule has 0 bridgehead atoms. The summed E-state index contributed by atoms with van der Waals surface area (Å²) in [5.74, 6) is -0.684. The summed E-state index contributed by atoms with van der Waals surface area (Å²) in [4.78, 5) is 17.5. The van der Waals surface area contributed by atoms with Gasteiger partial charge in [-0.25, -0.2) is 9.78 Å². The van der Waals surface area contributed by atoms with Crippen molar-refractivity contribution in [2.75, 3.05) is 20.3 Å². The van der Waals surface area contributed by atoms with E-state index in [0.29, 0.717) is 25.5 Å². The van der Waals surface area contributed by atoms with Crippen LogP contribution in [0.2, 0.25) is 0 Å². The monoisotopic (exact) mass is 309 g/mol. The molecule has 3 heterocycles. The van der Waals surface area contributed by atoms with Crippen LogP contribution in [0.1, 0.15) is 33.1 Å². The molecule has 2 aromatic rings. The topological polar surface area (TPSA) is 70.8 Å². The lowest BCUT2D eigenvalue weighted by Crippen LogP contribution is -2.20. The zero-order valence-electron chi connectivity index (χ0n) is 11.8. The minimum Gasteiger partial charge on any atom is -0.464 e. The Balaban J connectivity index is 1.72. The van der Waals surface area contributed by atoms with Crippen LogP contribution in [0.5, 0.6) is 0 Å². The van der Waals surface area contributed by atoms with Crippen molar-refractivity contribution in [1.29, 1.82) is 0 Å². The average molecular weight is 309 g/mol. The molecule has 0 radical (unpaired) electrons. The predicted octanol–water partition coefficient (Wildman–Crippen LogP) is 2.33. The van der Waals surface area contributed by atoms with Gasteiger partial charge >= 0.3 is 5.97 Å². The van der Waals surface area contributed by atoms with Gasteiger partial charge in [0.05, 0.1) is 31.6 Å². The van der Waals surface area contributed by atoms with Gasteiger partial charge in [-0.1, -0.05) is 0 Å². The van der Waals surface area contributed by atoms with Crippen molar-refractivity contribution in [2.45, 2.75) is 19.1 Å². The number of aromatic nitrogens is 1. The van der Waals surface area contributed by atoms with Crippen molar-refractivity contribution in [1.82, 2.24) is 4.98 Å². The molecule has 0 unspecified atom stereocenters. The largest absolute Gasteiger partial charge is 0.464 e. The maximum Gasteiger partial charge on any atom is 0.360 e. The fourth-order valence-corrected chi connectivity index (χ4v) is 3.17. The molecule has 21 heavy (non-hydrogen) atoms. The highest BCUT2D eigenvalue weighted by molar-refractivity contribution is 7.12. The molecule has 0 amide bonds. The van der Waals surface area contributed by atoms with Crippen LogP contribution in [0.15, 0.2) is 22.8 Å². The van der Waals surface area contributed by atoms with E-state index in [1.807, 2.05) is 19.1 Å². The summed E-state index contributed by atoms with van der Waals surface area (Å²) in [6, 6.07) is 3.97. The van der Waals surface area contributed by atoms with E-state index in [2.05, 4.69) is 9.72 Å². The molecule has 6 nitrogen and oxygen atoms in total. The Morgan fingerprint density at radius 3 is 2.90 bits per heavy atom. The van der Waals surface area contributed by atoms with Crippen LogP contribution in [0, 0.1) is 0 Å². The van der Waals surface area contributed by atoms with Crippen LogP contribution in [-0.2, 0) is 26.4 Å². The van der Waals surface area contributed by atoms with Crippen molar-refractivity contribution in [3.8, 4) is 0 Å². The molecule has 1 aliphatic heterocycles. The Morgan fingerprint density at radius 2 is 2.19 bits per heavy atom. The van der Waals surface area contributed by atoms with Crippen LogP contribution in [0.4, 0.5) is 0 Å². The molecule has 2 aromatic heterocycles. The highest BCUT2D eigenvalue weighted by Gasteiger charge is 2.34. The molecule has 3 rings (SSSR count). The Hall–Kier alpha value is -1.70. The van der Waals surface area contributed by atoms with Crippen molar-refractivity contribution < 1.29 is 23.4 Å². The van der Waals surface area contributed by atoms with E-state index >= 15 is 0 Å². The van der Waals surface area contributed by atoms with Gasteiger partial charge in [-0.2, -0.15) is 0 Å². The van der Waals surface area contributed by atoms with E-state index in [4.69, 9.17) is 13.9 Å². The van der Waals surface area contributed by atoms with Gasteiger partial charge < -0.3 is 18.6 Å². The summed E-state index contributed by atoms with van der Waals surface area (Å²) in [6.45, 7) is 3.12. The highest BCUT2D eigenvalue weighted by Crippen LogP contribution is 2.36. The van der Waals surface area contributed by atoms with Crippen LogP contribution < -0.4 is 0 Å². The van der Waals surface area contributed by atoms with Gasteiger partial charge in [-0.3, -0.25) is 0 Å². The molecule has 112 valence electrons. The van der Waals surface area contributed by atoms with Crippen molar-refractivity contribution >= 4 is 17.3 Å². The van der Waals surface area contributed by atoms with Gasteiger partial charge in [-0.15, -0.1) is 11.3 Å². The average Bonchev–Trinajstić information content (AvgIpc) is 3.19. The van der Waals surface area contributed by atoms with E-state index in [-0.39, 0.29) is 5.69 Å². The molecule has 1 saturated heterocycles. The van der Waals surface area contributed by atoms with Crippen molar-refractivity contribution in [3.63, 3.8) is 0 Å². The SMILES string of the molecule is COC(=O)c1coc(Cc2ccc(C3(C)OCCO3)s2)n1. The van der Waals surface area contributed by atoms with Crippen molar-refractivity contribution in [3.05, 3.63) is 39.7 Å². The fraction of sp³-hybridized carbons (Fsp3) is 0.429. The van der Waals surface area contributed by atoms with E-state index in [1.165, 1.54) is 13.4 Å². The number of esters is 1. The van der Waals surface area contributed by atoms with Crippen LogP contribution in [0.3, 0.4) is 0 Å². The molecular weight excluding hydrogens is 294 g/mol. The van der Waals surface area contributed by atoms with Crippen LogP contribution in [0.25, 0.3) is 0 Å². The second-order valence-electron chi connectivity index (χ2n) is 4.70. The van der Waals surface area contributed by atoms with Gasteiger partial charge in [0.15, 0.2) is 11.6 Å². The molecule has 0 N–H and O–H groups in total. The smallest absolute Gasteiger partial charge is 0.360 e. The number of oxazole rings is 1. The number of ether oxygens (including phenoxy) is 3. The van der Waals surface area contributed by atoms with Crippen molar-refractivity contribution in [2.24, 2.45) is 0 Å². The number of hydrogen-bond donors (Lipinski definition) is 0. The maximum atomic E-state index is 11.3.